The first-order chi connectivity index (χ1) is 10.9. The molecule has 0 bridgehead atoms. The molecule has 2 saturated heterocycles. The van der Waals surface area contributed by atoms with Crippen LogP contribution in [0.3, 0.4) is 0 Å². The predicted molar refractivity (Wildman–Crippen MR) is 93.1 cm³/mol. The first kappa shape index (κ1) is 19.1. The van der Waals surface area contributed by atoms with Crippen LogP contribution in [-0.4, -0.2) is 83.5 Å². The first-order valence-electron chi connectivity index (χ1n) is 7.21. The van der Waals surface area contributed by atoms with Crippen LogP contribution in [0.25, 0.3) is 0 Å². The number of hydrogen-bond donors (Lipinski definition) is 2. The predicted octanol–water partition coefficient (Wildman–Crippen LogP) is 0.931. The average molecular weight is 406 g/mol. The van der Waals surface area contributed by atoms with Crippen LogP contribution < -0.4 is 10.6 Å². The number of amides is 2. The van der Waals surface area contributed by atoms with Gasteiger partial charge >= 0.3 is 6.03 Å². The van der Waals surface area contributed by atoms with Crippen LogP contribution in [0.2, 0.25) is 0 Å². The molecule has 132 valence electrons. The molecule has 0 aromatic carbocycles. The van der Waals surface area contributed by atoms with Gasteiger partial charge in [0.2, 0.25) is 3.79 Å². The molecule has 0 radical (unpaired) electrons. The minimum Gasteiger partial charge on any atom is -0.378 e. The van der Waals surface area contributed by atoms with E-state index >= 15 is 0 Å². The number of nitrogens with one attached hydrogen (secondary N) is 2. The van der Waals surface area contributed by atoms with Crippen LogP contribution >= 0.6 is 47.0 Å². The van der Waals surface area contributed by atoms with E-state index in [1.54, 1.807) is 4.90 Å². The molecule has 0 aromatic heterocycles. The number of carbonyl (C=O) groups excluding carboxylic acids is 1. The lowest BCUT2D eigenvalue weighted by Gasteiger charge is -2.35. The summed E-state index contributed by atoms with van der Waals surface area (Å²) in [4.78, 5) is 15.8. The number of thiocarbonyl (C=S) groups is 1. The number of hydrogen-bond acceptors (Lipinski definition) is 4. The Kier molecular flexibility index (Phi) is 7.24. The molecule has 2 heterocycles. The highest BCUT2D eigenvalue weighted by Gasteiger charge is 2.36. The molecule has 2 aliphatic rings. The maximum absolute atomic E-state index is 12.3. The fourth-order valence-corrected chi connectivity index (χ4v) is 2.79. The fraction of sp³-hybridized carbons (Fsp3) is 0.833. The largest absolute Gasteiger partial charge is 0.378 e. The molecule has 23 heavy (non-hydrogen) atoms. The number of rotatable bonds is 2. The Morgan fingerprint density at radius 2 is 1.43 bits per heavy atom. The monoisotopic (exact) mass is 404 g/mol. The summed E-state index contributed by atoms with van der Waals surface area (Å²) in [5.74, 6) is 0. The van der Waals surface area contributed by atoms with Crippen molar-refractivity contribution in [3.63, 3.8) is 0 Å². The highest BCUT2D eigenvalue weighted by molar-refractivity contribution is 7.80. The van der Waals surface area contributed by atoms with Gasteiger partial charge < -0.3 is 29.9 Å². The zero-order valence-corrected chi connectivity index (χ0v) is 15.5. The Morgan fingerprint density at radius 1 is 0.957 bits per heavy atom. The van der Waals surface area contributed by atoms with Crippen molar-refractivity contribution < 1.29 is 14.3 Å². The van der Waals surface area contributed by atoms with Crippen molar-refractivity contribution in [2.45, 2.75) is 9.96 Å². The van der Waals surface area contributed by atoms with Crippen molar-refractivity contribution in [2.75, 3.05) is 52.6 Å². The van der Waals surface area contributed by atoms with Crippen molar-refractivity contribution in [1.29, 1.82) is 0 Å². The topological polar surface area (TPSA) is 66.1 Å². The van der Waals surface area contributed by atoms with Crippen LogP contribution in [-0.2, 0) is 9.47 Å². The van der Waals surface area contributed by atoms with Gasteiger partial charge in [0.25, 0.3) is 0 Å². The van der Waals surface area contributed by atoms with Gasteiger partial charge in [0.15, 0.2) is 11.3 Å². The van der Waals surface area contributed by atoms with E-state index in [0.29, 0.717) is 57.7 Å². The molecule has 0 spiro atoms. The van der Waals surface area contributed by atoms with E-state index in [-0.39, 0.29) is 6.03 Å². The molecule has 0 saturated carbocycles. The van der Waals surface area contributed by atoms with E-state index < -0.39 is 9.96 Å². The molecule has 2 aliphatic heterocycles. The molecule has 7 nitrogen and oxygen atoms in total. The number of halogens is 3. The van der Waals surface area contributed by atoms with Gasteiger partial charge in [-0.1, -0.05) is 34.8 Å². The summed E-state index contributed by atoms with van der Waals surface area (Å²) in [6.45, 7) is 4.43. The van der Waals surface area contributed by atoms with Gasteiger partial charge in [0, 0.05) is 26.2 Å². The highest BCUT2D eigenvalue weighted by Crippen LogP contribution is 2.29. The molecule has 0 aliphatic carbocycles. The summed E-state index contributed by atoms with van der Waals surface area (Å²) >= 11 is 23.2. The van der Waals surface area contributed by atoms with Crippen molar-refractivity contribution in [1.82, 2.24) is 20.4 Å². The van der Waals surface area contributed by atoms with E-state index in [2.05, 4.69) is 10.6 Å². The third-order valence-corrected chi connectivity index (χ3v) is 4.49. The van der Waals surface area contributed by atoms with Crippen LogP contribution in [0.5, 0.6) is 0 Å². The van der Waals surface area contributed by atoms with Gasteiger partial charge in [-0.15, -0.1) is 0 Å². The maximum Gasteiger partial charge on any atom is 0.319 e. The molecule has 2 fully saturated rings. The number of morpholine rings is 2. The van der Waals surface area contributed by atoms with E-state index in [9.17, 15) is 4.79 Å². The molecule has 2 N–H and O–H groups in total. The van der Waals surface area contributed by atoms with E-state index in [4.69, 9.17) is 56.5 Å². The lowest BCUT2D eigenvalue weighted by molar-refractivity contribution is 0.0522. The summed E-state index contributed by atoms with van der Waals surface area (Å²) in [7, 11) is 0. The van der Waals surface area contributed by atoms with Crippen molar-refractivity contribution >= 4 is 58.2 Å². The Bertz CT molecular complexity index is 394. The molecular weight excluding hydrogens is 387 g/mol. The third-order valence-electron chi connectivity index (χ3n) is 3.46. The van der Waals surface area contributed by atoms with Crippen molar-refractivity contribution in [2.24, 2.45) is 0 Å². The normalized spacial score (nSPS) is 20.8. The third kappa shape index (κ3) is 5.95. The minimum atomic E-state index is -1.75. The zero-order valence-electron chi connectivity index (χ0n) is 12.4. The Labute approximate surface area is 155 Å². The smallest absolute Gasteiger partial charge is 0.319 e. The van der Waals surface area contributed by atoms with Crippen molar-refractivity contribution in [3.05, 3.63) is 0 Å². The van der Waals surface area contributed by atoms with Gasteiger partial charge in [-0.05, 0) is 12.2 Å². The van der Waals surface area contributed by atoms with Gasteiger partial charge in [-0.25, -0.2) is 4.79 Å². The standard InChI is InChI=1S/C12H19Cl3N4O3S/c13-12(14,15)9(16-10(20)18-1-5-21-6-2-18)17-11(23)19-3-7-22-8-4-19/h9H,1-8H2,(H,16,20)(H,17,23)/t9-/m1/s1. The molecule has 0 unspecified atom stereocenters. The van der Waals surface area contributed by atoms with Gasteiger partial charge in [-0.3, -0.25) is 0 Å². The number of alkyl halides is 3. The van der Waals surface area contributed by atoms with Crippen LogP contribution in [0.15, 0.2) is 0 Å². The van der Waals surface area contributed by atoms with Crippen LogP contribution in [0, 0.1) is 0 Å². The zero-order chi connectivity index (χ0) is 16.9. The van der Waals surface area contributed by atoms with E-state index in [1.807, 2.05) is 4.90 Å². The van der Waals surface area contributed by atoms with E-state index in [1.165, 1.54) is 0 Å². The lowest BCUT2D eigenvalue weighted by atomic mass is 10.4. The molecule has 1 atom stereocenters. The van der Waals surface area contributed by atoms with E-state index in [0.717, 1.165) is 0 Å². The first-order valence-corrected chi connectivity index (χ1v) is 8.75. The summed E-state index contributed by atoms with van der Waals surface area (Å²) in [5, 5.41) is 6.00. The summed E-state index contributed by atoms with van der Waals surface area (Å²) in [6, 6.07) is -0.332. The molecular formula is C12H19Cl3N4O3S. The second kappa shape index (κ2) is 8.73. The number of urea groups is 1. The average Bonchev–Trinajstić information content (AvgIpc) is 2.54. The van der Waals surface area contributed by atoms with Crippen LogP contribution in [0.1, 0.15) is 0 Å². The van der Waals surface area contributed by atoms with Crippen LogP contribution in [0.4, 0.5) is 4.79 Å². The fourth-order valence-electron chi connectivity index (χ4n) is 2.16. The van der Waals surface area contributed by atoms with Crippen molar-refractivity contribution in [3.8, 4) is 0 Å². The number of nitrogens with zero attached hydrogens (tertiary/aromatic N) is 2. The lowest BCUT2D eigenvalue weighted by Crippen LogP contribution is -2.61. The highest BCUT2D eigenvalue weighted by atomic mass is 35.6. The molecule has 11 heteroatoms. The van der Waals surface area contributed by atoms with Gasteiger partial charge in [0.1, 0.15) is 0 Å². The number of ether oxygens (including phenoxy) is 2. The minimum absolute atomic E-state index is 0.332. The summed E-state index contributed by atoms with van der Waals surface area (Å²) in [5.41, 5.74) is 0. The molecule has 2 amide bonds. The van der Waals surface area contributed by atoms with Gasteiger partial charge in [-0.2, -0.15) is 0 Å². The Hall–Kier alpha value is -0.250. The maximum atomic E-state index is 12.3. The van der Waals surface area contributed by atoms with Gasteiger partial charge in [0.05, 0.1) is 26.4 Å². The Balaban J connectivity index is 1.93. The SMILES string of the molecule is O=C(N[C@H](NC(=S)N1CCOCC1)C(Cl)(Cl)Cl)N1CCOCC1. The quantitative estimate of drug-likeness (QED) is 0.405. The second-order valence-corrected chi connectivity index (χ2v) is 7.83. The summed E-state index contributed by atoms with van der Waals surface area (Å²) < 4.78 is 8.73. The molecule has 0 aromatic rings. The second-order valence-electron chi connectivity index (χ2n) is 5.07. The molecule has 2 rings (SSSR count). The number of carbonyl (C=O) groups is 1. The summed E-state index contributed by atoms with van der Waals surface area (Å²) in [6.07, 6.45) is -0.946. The Morgan fingerprint density at radius 3 is 1.91 bits per heavy atom.